The van der Waals surface area contributed by atoms with Gasteiger partial charge in [0.25, 0.3) is 0 Å². The fraction of sp³-hybridized carbons (Fsp3) is 0.0556. The Morgan fingerprint density at radius 2 is 1.87 bits per heavy atom. The van der Waals surface area contributed by atoms with Gasteiger partial charge in [-0.05, 0) is 29.8 Å². The number of hydrogen-bond donors (Lipinski definition) is 0. The summed E-state index contributed by atoms with van der Waals surface area (Å²) in [6, 6.07) is 13.5. The van der Waals surface area contributed by atoms with Gasteiger partial charge in [0, 0.05) is 30.2 Å². The molecule has 4 rings (SSSR count). The fourth-order valence-electron chi connectivity index (χ4n) is 2.39. The summed E-state index contributed by atoms with van der Waals surface area (Å²) in [6.07, 6.45) is 5.27. The molecule has 0 saturated carbocycles. The molecule has 1 aromatic carbocycles. The molecule has 0 N–H and O–H groups in total. The van der Waals surface area contributed by atoms with Crippen LogP contribution in [0.25, 0.3) is 33.7 Å². The summed E-state index contributed by atoms with van der Waals surface area (Å²) in [4.78, 5) is 12.9. The summed E-state index contributed by atoms with van der Waals surface area (Å²) < 4.78 is 10.9. The van der Waals surface area contributed by atoms with E-state index in [9.17, 15) is 0 Å². The molecule has 0 saturated heterocycles. The van der Waals surface area contributed by atoms with Gasteiger partial charge in [-0.25, -0.2) is 9.97 Å². The zero-order valence-corrected chi connectivity index (χ0v) is 12.4. The van der Waals surface area contributed by atoms with Crippen LogP contribution in [0.5, 0.6) is 5.88 Å². The highest BCUT2D eigenvalue weighted by molar-refractivity contribution is 5.82. The minimum Gasteiger partial charge on any atom is -0.481 e. The average molecular weight is 303 g/mol. The molecular weight excluding hydrogens is 290 g/mol. The summed E-state index contributed by atoms with van der Waals surface area (Å²) in [5, 5.41) is 0. The SMILES string of the molecule is COc1ccc(-c2nc3cc(-c4cccnc4)ccc3o2)cn1. The summed E-state index contributed by atoms with van der Waals surface area (Å²) in [6.45, 7) is 0. The van der Waals surface area contributed by atoms with Gasteiger partial charge in [-0.15, -0.1) is 0 Å². The molecule has 23 heavy (non-hydrogen) atoms. The van der Waals surface area contributed by atoms with Crippen LogP contribution in [0, 0.1) is 0 Å². The number of pyridine rings is 2. The van der Waals surface area contributed by atoms with Crippen molar-refractivity contribution in [2.24, 2.45) is 0 Å². The fourth-order valence-corrected chi connectivity index (χ4v) is 2.39. The van der Waals surface area contributed by atoms with Gasteiger partial charge in [0.1, 0.15) is 5.52 Å². The van der Waals surface area contributed by atoms with E-state index in [0.717, 1.165) is 27.8 Å². The van der Waals surface area contributed by atoms with Crippen molar-refractivity contribution in [3.63, 3.8) is 0 Å². The molecule has 3 aromatic heterocycles. The molecule has 112 valence electrons. The van der Waals surface area contributed by atoms with Gasteiger partial charge in [-0.1, -0.05) is 12.1 Å². The van der Waals surface area contributed by atoms with Crippen molar-refractivity contribution in [2.75, 3.05) is 7.11 Å². The Morgan fingerprint density at radius 1 is 0.957 bits per heavy atom. The van der Waals surface area contributed by atoms with E-state index in [2.05, 4.69) is 15.0 Å². The molecule has 0 fully saturated rings. The molecule has 0 atom stereocenters. The van der Waals surface area contributed by atoms with E-state index in [0.29, 0.717) is 11.8 Å². The average Bonchev–Trinajstić information content (AvgIpc) is 3.06. The molecule has 5 heteroatoms. The second kappa shape index (κ2) is 5.53. The zero-order chi connectivity index (χ0) is 15.6. The molecule has 0 unspecified atom stereocenters. The predicted octanol–water partition coefficient (Wildman–Crippen LogP) is 3.96. The third kappa shape index (κ3) is 2.53. The molecular formula is C18H13N3O2. The van der Waals surface area contributed by atoms with E-state index < -0.39 is 0 Å². The number of aromatic nitrogens is 3. The second-order valence-corrected chi connectivity index (χ2v) is 5.03. The molecule has 0 aliphatic carbocycles. The first kappa shape index (κ1) is 13.5. The summed E-state index contributed by atoms with van der Waals surface area (Å²) in [5.74, 6) is 1.10. The highest BCUT2D eigenvalue weighted by atomic mass is 16.5. The third-order valence-electron chi connectivity index (χ3n) is 3.57. The summed E-state index contributed by atoms with van der Waals surface area (Å²) in [5.41, 5.74) is 4.45. The molecule has 5 nitrogen and oxygen atoms in total. The largest absolute Gasteiger partial charge is 0.481 e. The number of benzene rings is 1. The van der Waals surface area contributed by atoms with Crippen molar-refractivity contribution in [1.82, 2.24) is 15.0 Å². The van der Waals surface area contributed by atoms with Crippen LogP contribution in [0.15, 0.2) is 65.5 Å². The standard InChI is InChI=1S/C18H13N3O2/c1-22-17-7-5-14(11-20-17)18-21-15-9-12(4-6-16(15)23-18)13-3-2-8-19-10-13/h2-11H,1H3. The number of rotatable bonds is 3. The van der Waals surface area contributed by atoms with Crippen molar-refractivity contribution in [3.8, 4) is 28.5 Å². The Hall–Kier alpha value is -3.21. The van der Waals surface area contributed by atoms with Crippen molar-refractivity contribution < 1.29 is 9.15 Å². The van der Waals surface area contributed by atoms with Crippen LogP contribution >= 0.6 is 0 Å². The number of ether oxygens (including phenoxy) is 1. The van der Waals surface area contributed by atoms with Gasteiger partial charge in [-0.2, -0.15) is 0 Å². The van der Waals surface area contributed by atoms with Crippen LogP contribution in [0.4, 0.5) is 0 Å². The predicted molar refractivity (Wildman–Crippen MR) is 87.0 cm³/mol. The lowest BCUT2D eigenvalue weighted by Gasteiger charge is -1.99. The van der Waals surface area contributed by atoms with Crippen LogP contribution in [0.1, 0.15) is 0 Å². The Bertz CT molecular complexity index is 947. The summed E-state index contributed by atoms with van der Waals surface area (Å²) >= 11 is 0. The van der Waals surface area contributed by atoms with E-state index in [1.54, 1.807) is 25.6 Å². The molecule has 4 aromatic rings. The number of fused-ring (bicyclic) bond motifs is 1. The summed E-state index contributed by atoms with van der Waals surface area (Å²) in [7, 11) is 1.58. The Kier molecular flexibility index (Phi) is 3.24. The highest BCUT2D eigenvalue weighted by Crippen LogP contribution is 2.28. The van der Waals surface area contributed by atoms with Gasteiger partial charge >= 0.3 is 0 Å². The quantitative estimate of drug-likeness (QED) is 0.573. The Balaban J connectivity index is 1.75. The first-order valence-corrected chi connectivity index (χ1v) is 7.15. The minimum atomic E-state index is 0.540. The van der Waals surface area contributed by atoms with E-state index in [1.165, 1.54) is 0 Å². The second-order valence-electron chi connectivity index (χ2n) is 5.03. The molecule has 0 radical (unpaired) electrons. The van der Waals surface area contributed by atoms with Crippen molar-refractivity contribution in [3.05, 3.63) is 61.1 Å². The molecule has 0 spiro atoms. The molecule has 0 aliphatic rings. The molecule has 0 amide bonds. The van der Waals surface area contributed by atoms with Gasteiger partial charge in [-0.3, -0.25) is 4.98 Å². The number of nitrogens with zero attached hydrogens (tertiary/aromatic N) is 3. The van der Waals surface area contributed by atoms with Crippen LogP contribution in [0.2, 0.25) is 0 Å². The van der Waals surface area contributed by atoms with E-state index >= 15 is 0 Å². The van der Waals surface area contributed by atoms with Crippen LogP contribution in [-0.2, 0) is 0 Å². The van der Waals surface area contributed by atoms with Crippen LogP contribution in [0.3, 0.4) is 0 Å². The van der Waals surface area contributed by atoms with Crippen LogP contribution in [-0.4, -0.2) is 22.1 Å². The topological polar surface area (TPSA) is 61.0 Å². The van der Waals surface area contributed by atoms with Crippen molar-refractivity contribution in [1.29, 1.82) is 0 Å². The first-order chi connectivity index (χ1) is 11.3. The zero-order valence-electron chi connectivity index (χ0n) is 12.4. The smallest absolute Gasteiger partial charge is 0.228 e. The van der Waals surface area contributed by atoms with E-state index in [4.69, 9.17) is 9.15 Å². The molecule has 3 heterocycles. The Morgan fingerprint density at radius 3 is 2.61 bits per heavy atom. The third-order valence-corrected chi connectivity index (χ3v) is 3.57. The van der Waals surface area contributed by atoms with Gasteiger partial charge in [0.15, 0.2) is 5.58 Å². The monoisotopic (exact) mass is 303 g/mol. The highest BCUT2D eigenvalue weighted by Gasteiger charge is 2.10. The number of oxazole rings is 1. The lowest BCUT2D eigenvalue weighted by atomic mass is 10.1. The van der Waals surface area contributed by atoms with Crippen LogP contribution < -0.4 is 4.74 Å². The van der Waals surface area contributed by atoms with Gasteiger partial charge in [0.05, 0.1) is 12.7 Å². The number of methoxy groups -OCH3 is 1. The number of hydrogen-bond acceptors (Lipinski definition) is 5. The van der Waals surface area contributed by atoms with Crippen molar-refractivity contribution >= 4 is 11.1 Å². The molecule has 0 bridgehead atoms. The normalized spacial score (nSPS) is 10.8. The minimum absolute atomic E-state index is 0.540. The maximum Gasteiger partial charge on any atom is 0.228 e. The maximum atomic E-state index is 5.81. The maximum absolute atomic E-state index is 5.81. The lowest BCUT2D eigenvalue weighted by Crippen LogP contribution is -1.87. The lowest BCUT2D eigenvalue weighted by molar-refractivity contribution is 0.398. The Labute approximate surface area is 132 Å². The van der Waals surface area contributed by atoms with Gasteiger partial charge < -0.3 is 9.15 Å². The van der Waals surface area contributed by atoms with Gasteiger partial charge in [0.2, 0.25) is 11.8 Å². The molecule has 0 aliphatic heterocycles. The first-order valence-electron chi connectivity index (χ1n) is 7.15. The van der Waals surface area contributed by atoms with Crippen molar-refractivity contribution in [2.45, 2.75) is 0 Å². The van der Waals surface area contributed by atoms with E-state index in [1.807, 2.05) is 42.6 Å². The van der Waals surface area contributed by atoms with E-state index in [-0.39, 0.29) is 0 Å².